The van der Waals surface area contributed by atoms with Crippen molar-refractivity contribution in [2.75, 3.05) is 7.05 Å². The van der Waals surface area contributed by atoms with Crippen LogP contribution in [-0.4, -0.2) is 31.9 Å². The second kappa shape index (κ2) is 6.90. The molecule has 1 N–H and O–H groups in total. The van der Waals surface area contributed by atoms with E-state index in [2.05, 4.69) is 19.2 Å². The SMILES string of the molecule is CC(C)NCc1cccc(CS(=O)(=O)N(C)C2CCC2)c1. The average molecular weight is 310 g/mol. The van der Waals surface area contributed by atoms with Crippen molar-refractivity contribution in [3.63, 3.8) is 0 Å². The first-order valence-corrected chi connectivity index (χ1v) is 9.26. The Bertz CT molecular complexity index is 565. The molecular formula is C16H26N2O2S. The van der Waals surface area contributed by atoms with Crippen LogP contribution in [0.4, 0.5) is 0 Å². The molecule has 0 unspecified atom stereocenters. The lowest BCUT2D eigenvalue weighted by Crippen LogP contribution is -2.41. The van der Waals surface area contributed by atoms with Crippen LogP contribution in [0.5, 0.6) is 0 Å². The van der Waals surface area contributed by atoms with Crippen LogP contribution in [0.1, 0.15) is 44.2 Å². The first kappa shape index (κ1) is 16.5. The van der Waals surface area contributed by atoms with Crippen LogP contribution in [0.3, 0.4) is 0 Å². The molecule has 0 saturated heterocycles. The van der Waals surface area contributed by atoms with Gasteiger partial charge in [-0.05, 0) is 24.0 Å². The van der Waals surface area contributed by atoms with E-state index in [9.17, 15) is 8.42 Å². The fraction of sp³-hybridized carbons (Fsp3) is 0.625. The van der Waals surface area contributed by atoms with Crippen LogP contribution >= 0.6 is 0 Å². The molecule has 21 heavy (non-hydrogen) atoms. The van der Waals surface area contributed by atoms with Gasteiger partial charge in [-0.2, -0.15) is 0 Å². The molecular weight excluding hydrogens is 284 g/mol. The predicted octanol–water partition coefficient (Wildman–Crippen LogP) is 2.50. The standard InChI is InChI=1S/C16H26N2O2S/c1-13(2)17-11-14-6-4-7-15(10-14)12-21(19,20)18(3)16-8-5-9-16/h4,6-7,10,13,16-17H,5,8-9,11-12H2,1-3H3. The zero-order valence-corrected chi connectivity index (χ0v) is 14.0. The van der Waals surface area contributed by atoms with E-state index in [1.165, 1.54) is 0 Å². The maximum absolute atomic E-state index is 12.4. The summed E-state index contributed by atoms with van der Waals surface area (Å²) in [6.07, 6.45) is 3.13. The van der Waals surface area contributed by atoms with Crippen LogP contribution in [0.25, 0.3) is 0 Å². The molecule has 118 valence electrons. The van der Waals surface area contributed by atoms with Gasteiger partial charge in [-0.15, -0.1) is 0 Å². The van der Waals surface area contributed by atoms with Crippen LogP contribution in [0.15, 0.2) is 24.3 Å². The van der Waals surface area contributed by atoms with Crippen LogP contribution in [0, 0.1) is 0 Å². The first-order chi connectivity index (χ1) is 9.88. The first-order valence-electron chi connectivity index (χ1n) is 7.65. The van der Waals surface area contributed by atoms with Crippen molar-refractivity contribution in [1.82, 2.24) is 9.62 Å². The molecule has 0 aliphatic heterocycles. The molecule has 0 bridgehead atoms. The predicted molar refractivity (Wildman–Crippen MR) is 86.4 cm³/mol. The van der Waals surface area contributed by atoms with Crippen molar-refractivity contribution in [2.45, 2.75) is 57.5 Å². The topological polar surface area (TPSA) is 49.4 Å². The van der Waals surface area contributed by atoms with Gasteiger partial charge in [0.05, 0.1) is 5.75 Å². The maximum Gasteiger partial charge on any atom is 0.218 e. The highest BCUT2D eigenvalue weighted by Crippen LogP contribution is 2.26. The van der Waals surface area contributed by atoms with Crippen molar-refractivity contribution >= 4 is 10.0 Å². The molecule has 0 aromatic heterocycles. The average Bonchev–Trinajstić information content (AvgIpc) is 2.34. The Morgan fingerprint density at radius 2 is 1.95 bits per heavy atom. The van der Waals surface area contributed by atoms with Gasteiger partial charge in [0.15, 0.2) is 0 Å². The lowest BCUT2D eigenvalue weighted by atomic mass is 9.94. The van der Waals surface area contributed by atoms with Gasteiger partial charge in [0, 0.05) is 25.7 Å². The van der Waals surface area contributed by atoms with E-state index in [4.69, 9.17) is 0 Å². The van der Waals surface area contributed by atoms with Gasteiger partial charge in [-0.3, -0.25) is 0 Å². The van der Waals surface area contributed by atoms with Gasteiger partial charge in [0.2, 0.25) is 10.0 Å². The largest absolute Gasteiger partial charge is 0.310 e. The van der Waals surface area contributed by atoms with Gasteiger partial charge < -0.3 is 5.32 Å². The normalized spacial score (nSPS) is 16.4. The smallest absolute Gasteiger partial charge is 0.218 e. The third-order valence-corrected chi connectivity index (χ3v) is 5.96. The molecule has 0 amide bonds. The minimum Gasteiger partial charge on any atom is -0.310 e. The molecule has 0 spiro atoms. The quantitative estimate of drug-likeness (QED) is 0.842. The van der Waals surface area contributed by atoms with Crippen molar-refractivity contribution < 1.29 is 8.42 Å². The molecule has 1 fully saturated rings. The lowest BCUT2D eigenvalue weighted by Gasteiger charge is -2.33. The van der Waals surface area contributed by atoms with Gasteiger partial charge in [0.1, 0.15) is 0 Å². The lowest BCUT2D eigenvalue weighted by molar-refractivity contribution is 0.249. The third-order valence-electron chi connectivity index (χ3n) is 4.08. The Hall–Kier alpha value is -0.910. The molecule has 1 aliphatic rings. The molecule has 1 saturated carbocycles. The maximum atomic E-state index is 12.4. The van der Waals surface area contributed by atoms with E-state index in [0.717, 1.165) is 36.9 Å². The fourth-order valence-corrected chi connectivity index (χ4v) is 3.91. The highest BCUT2D eigenvalue weighted by Gasteiger charge is 2.30. The minimum atomic E-state index is -3.21. The van der Waals surface area contributed by atoms with E-state index in [1.807, 2.05) is 24.3 Å². The molecule has 0 atom stereocenters. The summed E-state index contributed by atoms with van der Waals surface area (Å²) >= 11 is 0. The van der Waals surface area contributed by atoms with Crippen LogP contribution in [0.2, 0.25) is 0 Å². The van der Waals surface area contributed by atoms with E-state index in [0.29, 0.717) is 6.04 Å². The van der Waals surface area contributed by atoms with Gasteiger partial charge in [-0.25, -0.2) is 12.7 Å². The zero-order chi connectivity index (χ0) is 15.5. The van der Waals surface area contributed by atoms with Gasteiger partial charge in [-0.1, -0.05) is 44.5 Å². The second-order valence-corrected chi connectivity index (χ2v) is 8.24. The number of nitrogens with one attached hydrogen (secondary N) is 1. The highest BCUT2D eigenvalue weighted by molar-refractivity contribution is 7.88. The Labute approximate surface area is 128 Å². The van der Waals surface area contributed by atoms with E-state index in [-0.39, 0.29) is 11.8 Å². The van der Waals surface area contributed by atoms with E-state index >= 15 is 0 Å². The monoisotopic (exact) mass is 310 g/mol. The summed E-state index contributed by atoms with van der Waals surface area (Å²) in [6.45, 7) is 4.97. The number of rotatable bonds is 7. The summed E-state index contributed by atoms with van der Waals surface area (Å²) in [5.74, 6) is 0.0928. The molecule has 1 aromatic carbocycles. The Balaban J connectivity index is 2.02. The Morgan fingerprint density at radius 3 is 2.52 bits per heavy atom. The van der Waals surface area contributed by atoms with Crippen LogP contribution in [-0.2, 0) is 22.3 Å². The van der Waals surface area contributed by atoms with Crippen molar-refractivity contribution in [2.24, 2.45) is 0 Å². The Kier molecular flexibility index (Phi) is 5.41. The molecule has 0 radical (unpaired) electrons. The molecule has 1 aromatic rings. The second-order valence-electron chi connectivity index (χ2n) is 6.21. The zero-order valence-electron chi connectivity index (χ0n) is 13.2. The molecule has 2 rings (SSSR count). The highest BCUT2D eigenvalue weighted by atomic mass is 32.2. The Morgan fingerprint density at radius 1 is 1.29 bits per heavy atom. The molecule has 4 nitrogen and oxygen atoms in total. The summed E-state index contributed by atoms with van der Waals surface area (Å²) in [6, 6.07) is 8.47. The number of nitrogens with zero attached hydrogens (tertiary/aromatic N) is 1. The fourth-order valence-electron chi connectivity index (χ4n) is 2.44. The van der Waals surface area contributed by atoms with E-state index < -0.39 is 10.0 Å². The van der Waals surface area contributed by atoms with Crippen molar-refractivity contribution in [3.8, 4) is 0 Å². The minimum absolute atomic E-state index is 0.0928. The van der Waals surface area contributed by atoms with Crippen molar-refractivity contribution in [1.29, 1.82) is 0 Å². The molecule has 1 aliphatic carbocycles. The van der Waals surface area contributed by atoms with Crippen LogP contribution < -0.4 is 5.32 Å². The molecule has 5 heteroatoms. The third kappa shape index (κ3) is 4.53. The van der Waals surface area contributed by atoms with Gasteiger partial charge >= 0.3 is 0 Å². The molecule has 0 heterocycles. The summed E-state index contributed by atoms with van der Waals surface area (Å²) in [5.41, 5.74) is 1.99. The van der Waals surface area contributed by atoms with E-state index in [1.54, 1.807) is 11.4 Å². The summed E-state index contributed by atoms with van der Waals surface area (Å²) in [4.78, 5) is 0. The van der Waals surface area contributed by atoms with Crippen molar-refractivity contribution in [3.05, 3.63) is 35.4 Å². The number of sulfonamides is 1. The number of hydrogen-bond donors (Lipinski definition) is 1. The van der Waals surface area contributed by atoms with Gasteiger partial charge in [0.25, 0.3) is 0 Å². The summed E-state index contributed by atoms with van der Waals surface area (Å²) in [7, 11) is -1.50. The summed E-state index contributed by atoms with van der Waals surface area (Å²) < 4.78 is 26.4. The number of hydrogen-bond acceptors (Lipinski definition) is 3. The number of benzene rings is 1. The summed E-state index contributed by atoms with van der Waals surface area (Å²) in [5, 5.41) is 3.35.